The fourth-order valence-corrected chi connectivity index (χ4v) is 2.46. The minimum absolute atomic E-state index is 0.0125. The van der Waals surface area contributed by atoms with Gasteiger partial charge in [0, 0.05) is 5.38 Å². The molecule has 0 fully saturated rings. The van der Waals surface area contributed by atoms with Crippen LogP contribution in [0.25, 0.3) is 0 Å². The molecule has 18 heavy (non-hydrogen) atoms. The van der Waals surface area contributed by atoms with E-state index in [2.05, 4.69) is 21.8 Å². The summed E-state index contributed by atoms with van der Waals surface area (Å²) in [5, 5.41) is 10.6. The summed E-state index contributed by atoms with van der Waals surface area (Å²) >= 11 is 13.3. The Morgan fingerprint density at radius 2 is 2.17 bits per heavy atom. The molecule has 3 nitrogen and oxygen atoms in total. The maximum absolute atomic E-state index is 6.06. The molecule has 0 saturated carbocycles. The molecule has 0 aliphatic heterocycles. The van der Waals surface area contributed by atoms with Crippen LogP contribution >= 0.6 is 34.7 Å². The Kier molecular flexibility index (Phi) is 4.95. The number of nitrogens with one attached hydrogen (secondary N) is 1. The van der Waals surface area contributed by atoms with Crippen LogP contribution in [0.5, 0.6) is 0 Å². The van der Waals surface area contributed by atoms with Crippen molar-refractivity contribution in [3.63, 3.8) is 0 Å². The molecule has 1 aromatic carbocycles. The lowest BCUT2D eigenvalue weighted by atomic mass is 10.0. The minimum Gasteiger partial charge on any atom is -0.305 e. The smallest absolute Gasteiger partial charge is 0.0970 e. The van der Waals surface area contributed by atoms with Crippen LogP contribution in [0.2, 0.25) is 10.0 Å². The summed E-state index contributed by atoms with van der Waals surface area (Å²) in [7, 11) is 0. The van der Waals surface area contributed by atoms with Crippen LogP contribution in [0, 0.1) is 0 Å². The van der Waals surface area contributed by atoms with E-state index in [9.17, 15) is 0 Å². The van der Waals surface area contributed by atoms with E-state index in [1.807, 2.05) is 17.5 Å². The van der Waals surface area contributed by atoms with Gasteiger partial charge in [-0.3, -0.25) is 0 Å². The van der Waals surface area contributed by atoms with Crippen LogP contribution in [0.3, 0.4) is 0 Å². The Morgan fingerprint density at radius 1 is 1.33 bits per heavy atom. The molecule has 1 atom stereocenters. The molecule has 0 spiro atoms. The number of rotatable bonds is 5. The van der Waals surface area contributed by atoms with Crippen LogP contribution in [0.15, 0.2) is 23.6 Å². The summed E-state index contributed by atoms with van der Waals surface area (Å²) in [5.41, 5.74) is 1.96. The van der Waals surface area contributed by atoms with Gasteiger partial charge in [-0.15, -0.1) is 5.10 Å². The standard InChI is InChI=1S/C12H13Cl2N3S/c1-2-5-15-12(11-7-18-17-16-11)8-3-4-9(13)10(14)6-8/h3-4,6-7,12,15H,2,5H2,1H3. The fraction of sp³-hybridized carbons (Fsp3) is 0.333. The van der Waals surface area contributed by atoms with Crippen molar-refractivity contribution in [1.82, 2.24) is 14.9 Å². The van der Waals surface area contributed by atoms with Gasteiger partial charge in [-0.25, -0.2) is 0 Å². The lowest BCUT2D eigenvalue weighted by molar-refractivity contribution is 0.585. The molecule has 0 amide bonds. The third-order valence-electron chi connectivity index (χ3n) is 2.55. The number of halogens is 2. The van der Waals surface area contributed by atoms with Crippen molar-refractivity contribution in [2.24, 2.45) is 0 Å². The highest BCUT2D eigenvalue weighted by Gasteiger charge is 2.16. The predicted octanol–water partition coefficient (Wildman–Crippen LogP) is 3.93. The molecule has 1 aromatic heterocycles. The first-order valence-electron chi connectivity index (χ1n) is 5.67. The second kappa shape index (κ2) is 6.48. The van der Waals surface area contributed by atoms with Crippen molar-refractivity contribution in [1.29, 1.82) is 0 Å². The molecule has 96 valence electrons. The largest absolute Gasteiger partial charge is 0.305 e. The zero-order valence-electron chi connectivity index (χ0n) is 9.86. The SMILES string of the molecule is CCCNC(c1ccc(Cl)c(Cl)c1)c1csnn1. The van der Waals surface area contributed by atoms with E-state index in [1.165, 1.54) is 11.5 Å². The van der Waals surface area contributed by atoms with E-state index in [0.29, 0.717) is 10.0 Å². The first-order chi connectivity index (χ1) is 8.72. The van der Waals surface area contributed by atoms with E-state index in [-0.39, 0.29) is 6.04 Å². The van der Waals surface area contributed by atoms with Gasteiger partial charge in [-0.05, 0) is 42.2 Å². The molecule has 1 heterocycles. The predicted molar refractivity (Wildman–Crippen MR) is 76.5 cm³/mol. The summed E-state index contributed by atoms with van der Waals surface area (Å²) < 4.78 is 3.91. The average Bonchev–Trinajstić information content (AvgIpc) is 2.88. The Labute approximate surface area is 120 Å². The average molecular weight is 302 g/mol. The fourth-order valence-electron chi connectivity index (χ4n) is 1.67. The number of hydrogen-bond donors (Lipinski definition) is 1. The summed E-state index contributed by atoms with van der Waals surface area (Å²) in [5.74, 6) is 0. The van der Waals surface area contributed by atoms with Crippen LogP contribution in [0.1, 0.15) is 30.6 Å². The van der Waals surface area contributed by atoms with E-state index in [0.717, 1.165) is 24.2 Å². The second-order valence-electron chi connectivity index (χ2n) is 3.89. The van der Waals surface area contributed by atoms with Gasteiger partial charge in [0.15, 0.2) is 0 Å². The number of benzene rings is 1. The van der Waals surface area contributed by atoms with E-state index in [4.69, 9.17) is 23.2 Å². The molecule has 0 aliphatic carbocycles. The molecule has 2 rings (SSSR count). The maximum Gasteiger partial charge on any atom is 0.0970 e. The van der Waals surface area contributed by atoms with Gasteiger partial charge in [0.2, 0.25) is 0 Å². The van der Waals surface area contributed by atoms with Crippen LogP contribution in [-0.4, -0.2) is 16.1 Å². The molecular formula is C12H13Cl2N3S. The summed E-state index contributed by atoms with van der Waals surface area (Å²) in [4.78, 5) is 0. The first kappa shape index (κ1) is 13.7. The Balaban J connectivity index is 2.30. The highest BCUT2D eigenvalue weighted by atomic mass is 35.5. The monoisotopic (exact) mass is 301 g/mol. The van der Waals surface area contributed by atoms with E-state index in [1.54, 1.807) is 6.07 Å². The summed E-state index contributed by atoms with van der Waals surface area (Å²) in [6, 6.07) is 5.65. The molecule has 1 unspecified atom stereocenters. The second-order valence-corrected chi connectivity index (χ2v) is 5.31. The molecule has 1 N–H and O–H groups in total. The molecule has 6 heteroatoms. The van der Waals surface area contributed by atoms with Gasteiger partial charge in [-0.2, -0.15) is 0 Å². The molecule has 2 aromatic rings. The van der Waals surface area contributed by atoms with E-state index >= 15 is 0 Å². The highest BCUT2D eigenvalue weighted by Crippen LogP contribution is 2.28. The zero-order chi connectivity index (χ0) is 13.0. The topological polar surface area (TPSA) is 37.8 Å². The van der Waals surface area contributed by atoms with Crippen molar-refractivity contribution >= 4 is 34.7 Å². The van der Waals surface area contributed by atoms with Crippen LogP contribution < -0.4 is 5.32 Å². The van der Waals surface area contributed by atoms with Crippen LogP contribution in [0.4, 0.5) is 0 Å². The summed E-state index contributed by atoms with van der Waals surface area (Å²) in [6.45, 7) is 3.03. The highest BCUT2D eigenvalue weighted by molar-refractivity contribution is 7.03. The number of hydrogen-bond acceptors (Lipinski definition) is 4. The van der Waals surface area contributed by atoms with Crippen molar-refractivity contribution in [3.8, 4) is 0 Å². The lowest BCUT2D eigenvalue weighted by Gasteiger charge is -2.17. The zero-order valence-corrected chi connectivity index (χ0v) is 12.2. The Bertz CT molecular complexity index is 502. The number of aromatic nitrogens is 2. The van der Waals surface area contributed by atoms with Crippen molar-refractivity contribution in [2.75, 3.05) is 6.54 Å². The van der Waals surface area contributed by atoms with Crippen molar-refractivity contribution in [2.45, 2.75) is 19.4 Å². The van der Waals surface area contributed by atoms with Gasteiger partial charge in [0.25, 0.3) is 0 Å². The Morgan fingerprint density at radius 3 is 2.78 bits per heavy atom. The third-order valence-corrected chi connectivity index (χ3v) is 3.81. The molecular weight excluding hydrogens is 289 g/mol. The normalized spacial score (nSPS) is 12.6. The Hall–Kier alpha value is -0.680. The van der Waals surface area contributed by atoms with Crippen molar-refractivity contribution < 1.29 is 0 Å². The van der Waals surface area contributed by atoms with Gasteiger partial charge in [0.05, 0.1) is 21.8 Å². The molecule has 0 aliphatic rings. The van der Waals surface area contributed by atoms with Crippen LogP contribution in [-0.2, 0) is 0 Å². The maximum atomic E-state index is 6.06. The number of nitrogens with zero attached hydrogens (tertiary/aromatic N) is 2. The molecule has 0 saturated heterocycles. The van der Waals surface area contributed by atoms with Crippen molar-refractivity contribution in [3.05, 3.63) is 44.9 Å². The molecule has 0 bridgehead atoms. The first-order valence-corrected chi connectivity index (χ1v) is 7.27. The van der Waals surface area contributed by atoms with Gasteiger partial charge in [-0.1, -0.05) is 40.7 Å². The molecule has 0 radical (unpaired) electrons. The minimum atomic E-state index is 0.0125. The quantitative estimate of drug-likeness (QED) is 0.909. The van der Waals surface area contributed by atoms with E-state index < -0.39 is 0 Å². The third kappa shape index (κ3) is 3.20. The lowest BCUT2D eigenvalue weighted by Crippen LogP contribution is -2.23. The van der Waals surface area contributed by atoms with Gasteiger partial charge in [0.1, 0.15) is 0 Å². The van der Waals surface area contributed by atoms with Gasteiger partial charge < -0.3 is 5.32 Å². The van der Waals surface area contributed by atoms with Gasteiger partial charge >= 0.3 is 0 Å². The summed E-state index contributed by atoms with van der Waals surface area (Å²) in [6.07, 6.45) is 1.05.